The Morgan fingerprint density at radius 2 is 2.29 bits per heavy atom. The van der Waals surface area contributed by atoms with Crippen molar-refractivity contribution < 1.29 is 0 Å². The molecule has 0 spiro atoms. The SMILES string of the molecule is Cc1nc(C)n(CC2CCCN(Cc3cnc(N)s3)C2)n1. The van der Waals surface area contributed by atoms with Gasteiger partial charge in [-0.3, -0.25) is 4.90 Å². The van der Waals surface area contributed by atoms with Crippen molar-refractivity contribution in [3.05, 3.63) is 22.7 Å². The van der Waals surface area contributed by atoms with Crippen molar-refractivity contribution in [2.24, 2.45) is 5.92 Å². The number of hydrogen-bond donors (Lipinski definition) is 1. The van der Waals surface area contributed by atoms with Crippen molar-refractivity contribution in [2.45, 2.75) is 39.8 Å². The van der Waals surface area contributed by atoms with E-state index in [0.717, 1.165) is 37.8 Å². The van der Waals surface area contributed by atoms with Gasteiger partial charge in [-0.1, -0.05) is 0 Å². The summed E-state index contributed by atoms with van der Waals surface area (Å²) in [7, 11) is 0. The molecular weight excluding hydrogens is 284 g/mol. The number of nitrogens with zero attached hydrogens (tertiary/aromatic N) is 5. The van der Waals surface area contributed by atoms with Gasteiger partial charge in [0.25, 0.3) is 0 Å². The summed E-state index contributed by atoms with van der Waals surface area (Å²) in [6.07, 6.45) is 4.40. The van der Waals surface area contributed by atoms with E-state index < -0.39 is 0 Å². The van der Waals surface area contributed by atoms with Crippen LogP contribution in [0.3, 0.4) is 0 Å². The number of aryl methyl sites for hydroxylation is 2. The lowest BCUT2D eigenvalue weighted by molar-refractivity contribution is 0.153. The predicted octanol–water partition coefficient (Wildman–Crippen LogP) is 1.85. The smallest absolute Gasteiger partial charge is 0.180 e. The Hall–Kier alpha value is -1.47. The van der Waals surface area contributed by atoms with Crippen LogP contribution in [0.15, 0.2) is 6.20 Å². The molecule has 1 aliphatic heterocycles. The Morgan fingerprint density at radius 1 is 1.43 bits per heavy atom. The highest BCUT2D eigenvalue weighted by molar-refractivity contribution is 7.15. The minimum Gasteiger partial charge on any atom is -0.375 e. The van der Waals surface area contributed by atoms with Crippen molar-refractivity contribution in [3.63, 3.8) is 0 Å². The monoisotopic (exact) mass is 306 g/mol. The first-order chi connectivity index (χ1) is 10.1. The third-order valence-corrected chi connectivity index (χ3v) is 4.76. The summed E-state index contributed by atoms with van der Waals surface area (Å²) >= 11 is 1.59. The molecule has 0 aliphatic carbocycles. The minimum absolute atomic E-state index is 0.642. The van der Waals surface area contributed by atoms with Crippen LogP contribution in [0.5, 0.6) is 0 Å². The van der Waals surface area contributed by atoms with E-state index in [1.54, 1.807) is 11.3 Å². The van der Waals surface area contributed by atoms with E-state index in [2.05, 4.69) is 20.0 Å². The fourth-order valence-electron chi connectivity index (χ4n) is 3.04. The third kappa shape index (κ3) is 3.59. The van der Waals surface area contributed by atoms with Crippen molar-refractivity contribution >= 4 is 16.5 Å². The van der Waals surface area contributed by atoms with Crippen molar-refractivity contribution in [3.8, 4) is 0 Å². The topological polar surface area (TPSA) is 72.9 Å². The van der Waals surface area contributed by atoms with Crippen LogP contribution >= 0.6 is 11.3 Å². The van der Waals surface area contributed by atoms with Gasteiger partial charge in [0, 0.05) is 30.7 Å². The van der Waals surface area contributed by atoms with E-state index in [1.165, 1.54) is 17.7 Å². The summed E-state index contributed by atoms with van der Waals surface area (Å²) in [4.78, 5) is 12.3. The molecule has 21 heavy (non-hydrogen) atoms. The summed E-state index contributed by atoms with van der Waals surface area (Å²) in [6.45, 7) is 8.17. The number of rotatable bonds is 4. The van der Waals surface area contributed by atoms with Crippen LogP contribution in [0.4, 0.5) is 5.13 Å². The molecule has 3 rings (SSSR count). The Labute approximate surface area is 129 Å². The van der Waals surface area contributed by atoms with Crippen LogP contribution in [0.1, 0.15) is 29.4 Å². The maximum atomic E-state index is 5.70. The van der Waals surface area contributed by atoms with Crippen LogP contribution < -0.4 is 5.73 Å². The lowest BCUT2D eigenvalue weighted by Crippen LogP contribution is -2.36. The van der Waals surface area contributed by atoms with Crippen LogP contribution in [0.25, 0.3) is 0 Å². The number of thiazole rings is 1. The number of piperidine rings is 1. The molecule has 1 unspecified atom stereocenters. The van der Waals surface area contributed by atoms with Crippen LogP contribution in [-0.4, -0.2) is 37.7 Å². The van der Waals surface area contributed by atoms with E-state index in [4.69, 9.17) is 5.73 Å². The molecule has 2 N–H and O–H groups in total. The van der Waals surface area contributed by atoms with E-state index in [-0.39, 0.29) is 0 Å². The van der Waals surface area contributed by atoms with E-state index in [9.17, 15) is 0 Å². The molecule has 1 aliphatic rings. The molecule has 2 aromatic heterocycles. The second-order valence-electron chi connectivity index (χ2n) is 5.80. The summed E-state index contributed by atoms with van der Waals surface area (Å²) in [5.74, 6) is 2.52. The maximum absolute atomic E-state index is 5.70. The molecule has 1 atom stereocenters. The summed E-state index contributed by atoms with van der Waals surface area (Å²) < 4.78 is 2.05. The second kappa shape index (κ2) is 6.11. The molecule has 0 saturated carbocycles. The van der Waals surface area contributed by atoms with Gasteiger partial charge in [-0.15, -0.1) is 11.3 Å². The normalized spacial score (nSPS) is 20.0. The highest BCUT2D eigenvalue weighted by atomic mass is 32.1. The highest BCUT2D eigenvalue weighted by Gasteiger charge is 2.22. The van der Waals surface area contributed by atoms with Gasteiger partial charge in [-0.05, 0) is 39.2 Å². The van der Waals surface area contributed by atoms with Gasteiger partial charge in [0.1, 0.15) is 11.6 Å². The Kier molecular flexibility index (Phi) is 4.21. The van der Waals surface area contributed by atoms with Gasteiger partial charge in [-0.2, -0.15) is 5.10 Å². The lowest BCUT2D eigenvalue weighted by Gasteiger charge is -2.32. The summed E-state index contributed by atoms with van der Waals surface area (Å²) in [5.41, 5.74) is 5.70. The van der Waals surface area contributed by atoms with Gasteiger partial charge in [-0.25, -0.2) is 14.6 Å². The number of nitrogens with two attached hydrogens (primary N) is 1. The minimum atomic E-state index is 0.642. The molecule has 114 valence electrons. The molecular formula is C14H22N6S. The number of likely N-dealkylation sites (tertiary alicyclic amines) is 1. The largest absolute Gasteiger partial charge is 0.375 e. The van der Waals surface area contributed by atoms with Crippen molar-refractivity contribution in [1.82, 2.24) is 24.6 Å². The van der Waals surface area contributed by atoms with Crippen LogP contribution in [0.2, 0.25) is 0 Å². The van der Waals surface area contributed by atoms with Crippen molar-refractivity contribution in [2.75, 3.05) is 18.8 Å². The standard InChI is InChI=1S/C14H22N6S/c1-10-17-11(2)20(18-10)8-12-4-3-5-19(7-12)9-13-6-16-14(15)21-13/h6,12H,3-5,7-9H2,1-2H3,(H2,15,16). The molecule has 1 saturated heterocycles. The maximum Gasteiger partial charge on any atom is 0.180 e. The average molecular weight is 306 g/mol. The lowest BCUT2D eigenvalue weighted by atomic mass is 9.98. The fourth-order valence-corrected chi connectivity index (χ4v) is 3.77. The van der Waals surface area contributed by atoms with Gasteiger partial charge < -0.3 is 5.73 Å². The fraction of sp³-hybridized carbons (Fsp3) is 0.643. The predicted molar refractivity (Wildman–Crippen MR) is 84.0 cm³/mol. The first kappa shape index (κ1) is 14.5. The molecule has 0 aromatic carbocycles. The van der Waals surface area contributed by atoms with Gasteiger partial charge in [0.15, 0.2) is 5.13 Å². The zero-order chi connectivity index (χ0) is 14.8. The van der Waals surface area contributed by atoms with Gasteiger partial charge >= 0.3 is 0 Å². The number of hydrogen-bond acceptors (Lipinski definition) is 6. The quantitative estimate of drug-likeness (QED) is 0.933. The first-order valence-corrected chi connectivity index (χ1v) is 8.22. The molecule has 0 radical (unpaired) electrons. The summed E-state index contributed by atoms with van der Waals surface area (Å²) in [5, 5.41) is 5.14. The molecule has 0 amide bonds. The van der Waals surface area contributed by atoms with Gasteiger partial charge in [0.2, 0.25) is 0 Å². The number of anilines is 1. The molecule has 7 heteroatoms. The Morgan fingerprint density at radius 3 is 2.95 bits per heavy atom. The Balaban J connectivity index is 1.59. The molecule has 2 aromatic rings. The number of nitrogen functional groups attached to an aromatic ring is 1. The zero-order valence-electron chi connectivity index (χ0n) is 12.6. The zero-order valence-corrected chi connectivity index (χ0v) is 13.4. The first-order valence-electron chi connectivity index (χ1n) is 7.41. The van der Waals surface area contributed by atoms with Gasteiger partial charge in [0.05, 0.1) is 0 Å². The molecule has 3 heterocycles. The molecule has 6 nitrogen and oxygen atoms in total. The van der Waals surface area contributed by atoms with E-state index in [1.807, 2.05) is 24.7 Å². The van der Waals surface area contributed by atoms with E-state index >= 15 is 0 Å². The van der Waals surface area contributed by atoms with Crippen molar-refractivity contribution in [1.29, 1.82) is 0 Å². The third-order valence-electron chi connectivity index (χ3n) is 3.95. The number of aromatic nitrogens is 4. The van der Waals surface area contributed by atoms with Crippen LogP contribution in [0, 0.1) is 19.8 Å². The van der Waals surface area contributed by atoms with Crippen LogP contribution in [-0.2, 0) is 13.1 Å². The Bertz CT molecular complexity index is 604. The summed E-state index contributed by atoms with van der Waals surface area (Å²) in [6, 6.07) is 0. The molecule has 1 fully saturated rings. The second-order valence-corrected chi connectivity index (χ2v) is 6.94. The molecule has 0 bridgehead atoms. The average Bonchev–Trinajstić information content (AvgIpc) is 2.96. The van der Waals surface area contributed by atoms with E-state index in [0.29, 0.717) is 11.0 Å². The highest BCUT2D eigenvalue weighted by Crippen LogP contribution is 2.23.